The van der Waals surface area contributed by atoms with Crippen molar-refractivity contribution in [1.29, 1.82) is 0 Å². The van der Waals surface area contributed by atoms with Crippen LogP contribution in [0.15, 0.2) is 0 Å². The van der Waals surface area contributed by atoms with Crippen LogP contribution in [0.5, 0.6) is 0 Å². The minimum atomic E-state index is -1.62. The summed E-state index contributed by atoms with van der Waals surface area (Å²) in [4.78, 5) is 21.7. The lowest BCUT2D eigenvalue weighted by Gasteiger charge is -2.24. The number of hydrogen-bond donors (Lipinski definition) is 3. The van der Waals surface area contributed by atoms with E-state index in [2.05, 4.69) is 20.8 Å². The summed E-state index contributed by atoms with van der Waals surface area (Å²) in [6.07, 6.45) is 19.2. The molecule has 0 saturated heterocycles. The molecular weight excluding hydrogens is 392 g/mol. The highest BCUT2D eigenvalue weighted by atomic mass is 16.4. The molecule has 0 atom stereocenters. The van der Waals surface area contributed by atoms with Gasteiger partial charge in [0.15, 0.2) is 0 Å². The number of aliphatic hydroxyl groups is 1. The fourth-order valence-corrected chi connectivity index (χ4v) is 4.21. The van der Waals surface area contributed by atoms with Gasteiger partial charge in [0.05, 0.1) is 18.4 Å². The molecule has 0 aliphatic heterocycles. The zero-order valence-electron chi connectivity index (χ0n) is 20.6. The maximum absolute atomic E-state index is 10.8. The molecule has 3 N–H and O–H groups in total. The largest absolute Gasteiger partial charge is 0.481 e. The molecule has 5 heteroatoms. The summed E-state index contributed by atoms with van der Waals surface area (Å²) >= 11 is 0. The van der Waals surface area contributed by atoms with Gasteiger partial charge in [-0.3, -0.25) is 9.59 Å². The molecule has 0 aliphatic rings. The topological polar surface area (TPSA) is 94.8 Å². The van der Waals surface area contributed by atoms with Gasteiger partial charge in [-0.05, 0) is 18.3 Å². The van der Waals surface area contributed by atoms with E-state index in [1.54, 1.807) is 0 Å². The highest BCUT2D eigenvalue weighted by Crippen LogP contribution is 2.24. The third-order valence-electron chi connectivity index (χ3n) is 6.03. The van der Waals surface area contributed by atoms with Crippen LogP contribution < -0.4 is 0 Å². The molecule has 0 rings (SSSR count). The zero-order valence-corrected chi connectivity index (χ0v) is 20.6. The molecule has 0 unspecified atom stereocenters. The van der Waals surface area contributed by atoms with Crippen molar-refractivity contribution in [2.24, 2.45) is 5.41 Å². The first-order valence-electron chi connectivity index (χ1n) is 12.7. The lowest BCUT2D eigenvalue weighted by molar-refractivity contribution is -0.149. The predicted molar refractivity (Wildman–Crippen MR) is 127 cm³/mol. The van der Waals surface area contributed by atoms with Crippen molar-refractivity contribution in [2.45, 2.75) is 148 Å². The molecule has 0 fully saturated rings. The molecule has 0 amide bonds. The van der Waals surface area contributed by atoms with E-state index in [0.29, 0.717) is 11.8 Å². The Kier molecular flexibility index (Phi) is 16.8. The third-order valence-corrected chi connectivity index (χ3v) is 6.03. The Morgan fingerprint density at radius 2 is 0.774 bits per heavy atom. The van der Waals surface area contributed by atoms with Gasteiger partial charge in [0, 0.05) is 0 Å². The van der Waals surface area contributed by atoms with Crippen LogP contribution in [0.2, 0.25) is 0 Å². The number of rotatable bonds is 21. The Morgan fingerprint density at radius 1 is 0.516 bits per heavy atom. The molecule has 0 aromatic heterocycles. The summed E-state index contributed by atoms with van der Waals surface area (Å²) < 4.78 is 0. The normalized spacial score (nSPS) is 12.3. The van der Waals surface area contributed by atoms with Crippen LogP contribution >= 0.6 is 0 Å². The number of carboxylic acid groups (broad SMARTS) is 2. The van der Waals surface area contributed by atoms with E-state index >= 15 is 0 Å². The van der Waals surface area contributed by atoms with Crippen molar-refractivity contribution < 1.29 is 24.9 Å². The van der Waals surface area contributed by atoms with Crippen LogP contribution in [0.25, 0.3) is 0 Å². The summed E-state index contributed by atoms with van der Waals surface area (Å²) in [7, 11) is 0. The Hall–Kier alpha value is -1.10. The van der Waals surface area contributed by atoms with E-state index in [4.69, 9.17) is 10.2 Å². The summed E-state index contributed by atoms with van der Waals surface area (Å²) in [6, 6.07) is 0. The van der Waals surface area contributed by atoms with Gasteiger partial charge < -0.3 is 15.3 Å². The minimum Gasteiger partial charge on any atom is -0.481 e. The summed E-state index contributed by atoms with van der Waals surface area (Å²) in [6.45, 7) is 6.97. The minimum absolute atomic E-state index is 0.238. The van der Waals surface area contributed by atoms with Crippen molar-refractivity contribution in [3.05, 3.63) is 0 Å². The van der Waals surface area contributed by atoms with E-state index in [9.17, 15) is 14.7 Å². The highest BCUT2D eigenvalue weighted by molar-refractivity contribution is 5.72. The molecule has 5 nitrogen and oxygen atoms in total. The first-order valence-corrected chi connectivity index (χ1v) is 12.7. The number of hydrogen-bond acceptors (Lipinski definition) is 3. The van der Waals surface area contributed by atoms with Crippen LogP contribution in [0.3, 0.4) is 0 Å². The van der Waals surface area contributed by atoms with Gasteiger partial charge in [-0.25, -0.2) is 0 Å². The quantitative estimate of drug-likeness (QED) is 0.162. The first-order chi connectivity index (χ1) is 14.5. The number of carbonyl (C=O) groups is 2. The van der Waals surface area contributed by atoms with Gasteiger partial charge in [0.25, 0.3) is 0 Å². The van der Waals surface area contributed by atoms with Gasteiger partial charge in [0.2, 0.25) is 0 Å². The highest BCUT2D eigenvalue weighted by Gasteiger charge is 2.32. The van der Waals surface area contributed by atoms with Gasteiger partial charge in [-0.2, -0.15) is 0 Å². The fourth-order valence-electron chi connectivity index (χ4n) is 4.21. The molecule has 0 saturated carbocycles. The van der Waals surface area contributed by atoms with Crippen LogP contribution in [-0.2, 0) is 9.59 Å². The molecule has 0 radical (unpaired) electrons. The summed E-state index contributed by atoms with van der Waals surface area (Å²) in [5.74, 6) is -2.31. The smallest absolute Gasteiger partial charge is 0.306 e. The molecular formula is C26H50O5. The Labute approximate surface area is 191 Å². The lowest BCUT2D eigenvalue weighted by atomic mass is 9.89. The van der Waals surface area contributed by atoms with Gasteiger partial charge in [-0.15, -0.1) is 0 Å². The number of aliphatic carboxylic acids is 2. The van der Waals surface area contributed by atoms with Crippen LogP contribution in [-0.4, -0.2) is 32.9 Å². The van der Waals surface area contributed by atoms with Crippen LogP contribution in [0, 0.1) is 5.41 Å². The Morgan fingerprint density at radius 3 is 1.03 bits per heavy atom. The van der Waals surface area contributed by atoms with Crippen molar-refractivity contribution in [2.75, 3.05) is 0 Å². The molecule has 0 aromatic carbocycles. The predicted octanol–water partition coefficient (Wildman–Crippen LogP) is 7.34. The number of carboxylic acids is 2. The average molecular weight is 443 g/mol. The maximum Gasteiger partial charge on any atom is 0.306 e. The van der Waals surface area contributed by atoms with E-state index < -0.39 is 30.4 Å². The first kappa shape index (κ1) is 29.9. The number of unbranched alkanes of at least 4 members (excludes halogenated alkanes) is 14. The van der Waals surface area contributed by atoms with Crippen molar-refractivity contribution in [3.8, 4) is 0 Å². The maximum atomic E-state index is 10.8. The Bertz CT molecular complexity index is 451. The van der Waals surface area contributed by atoms with Crippen molar-refractivity contribution in [1.82, 2.24) is 0 Å². The molecule has 0 aliphatic carbocycles. The summed E-state index contributed by atoms with van der Waals surface area (Å²) in [5.41, 5.74) is -1.14. The summed E-state index contributed by atoms with van der Waals surface area (Å²) in [5, 5.41) is 28.0. The van der Waals surface area contributed by atoms with Gasteiger partial charge >= 0.3 is 11.9 Å². The fraction of sp³-hybridized carbons (Fsp3) is 0.923. The molecule has 0 aromatic rings. The monoisotopic (exact) mass is 442 g/mol. The van der Waals surface area contributed by atoms with E-state index in [1.165, 1.54) is 77.0 Å². The molecule has 0 spiro atoms. The Balaban J connectivity index is 3.44. The SMILES string of the molecule is CC(C)(C)CCCCCCCCCCCCCCCCCC(O)(CC(=O)O)CC(=O)O. The molecule has 31 heavy (non-hydrogen) atoms. The van der Waals surface area contributed by atoms with Crippen molar-refractivity contribution >= 4 is 11.9 Å². The second-order valence-corrected chi connectivity index (χ2v) is 10.7. The van der Waals surface area contributed by atoms with Crippen molar-refractivity contribution in [3.63, 3.8) is 0 Å². The zero-order chi connectivity index (χ0) is 23.6. The second-order valence-electron chi connectivity index (χ2n) is 10.7. The van der Waals surface area contributed by atoms with Crippen LogP contribution in [0.4, 0.5) is 0 Å². The average Bonchev–Trinajstić information content (AvgIpc) is 2.62. The molecule has 184 valence electrons. The van der Waals surface area contributed by atoms with E-state index in [-0.39, 0.29) is 6.42 Å². The van der Waals surface area contributed by atoms with E-state index in [1.807, 2.05) is 0 Å². The van der Waals surface area contributed by atoms with Crippen LogP contribution in [0.1, 0.15) is 143 Å². The molecule has 0 bridgehead atoms. The lowest BCUT2D eigenvalue weighted by Crippen LogP contribution is -2.34. The molecule has 0 heterocycles. The second kappa shape index (κ2) is 17.5. The van der Waals surface area contributed by atoms with Gasteiger partial charge in [-0.1, -0.05) is 117 Å². The van der Waals surface area contributed by atoms with Gasteiger partial charge in [0.1, 0.15) is 0 Å². The standard InChI is InChI=1S/C26H50O5/c1-25(2,3)19-17-15-13-11-9-7-5-4-6-8-10-12-14-16-18-20-26(31,21-23(27)28)22-24(29)30/h31H,4-22H2,1-3H3,(H,27,28)(H,29,30). The third kappa shape index (κ3) is 21.9. The van der Waals surface area contributed by atoms with E-state index in [0.717, 1.165) is 19.3 Å².